The summed E-state index contributed by atoms with van der Waals surface area (Å²) in [6, 6.07) is 6.67. The number of halogens is 1. The highest BCUT2D eigenvalue weighted by Gasteiger charge is 2.66. The third-order valence-corrected chi connectivity index (χ3v) is 6.00. The van der Waals surface area contributed by atoms with Gasteiger partial charge in [0.15, 0.2) is 5.82 Å². The normalized spacial score (nSPS) is 36.0. The molecule has 0 aliphatic heterocycles. The number of H-pyrrole nitrogens is 1. The van der Waals surface area contributed by atoms with Gasteiger partial charge >= 0.3 is 0 Å². The number of nitrogens with zero attached hydrogens (tertiary/aromatic N) is 1. The van der Waals surface area contributed by atoms with Crippen LogP contribution in [0.5, 0.6) is 0 Å². The van der Waals surface area contributed by atoms with Crippen LogP contribution in [0.15, 0.2) is 24.3 Å². The van der Waals surface area contributed by atoms with E-state index in [0.717, 1.165) is 40.5 Å². The molecule has 4 unspecified atom stereocenters. The second-order valence-corrected chi connectivity index (χ2v) is 6.92. The molecule has 3 fully saturated rings. The number of nitrogen functional groups attached to an aromatic ring is 1. The quantitative estimate of drug-likeness (QED) is 0.885. The molecule has 1 aromatic carbocycles. The fourth-order valence-corrected chi connectivity index (χ4v) is 5.27. The molecule has 3 nitrogen and oxygen atoms in total. The van der Waals surface area contributed by atoms with Crippen LogP contribution in [0, 0.1) is 29.5 Å². The third-order valence-electron chi connectivity index (χ3n) is 6.00. The number of fused-ring (bicyclic) bond motifs is 5. The first-order chi connectivity index (χ1) is 10.2. The summed E-state index contributed by atoms with van der Waals surface area (Å²) in [5.74, 6) is 4.26. The monoisotopic (exact) mass is 283 g/mol. The average Bonchev–Trinajstić information content (AvgIpc) is 2.80. The molecule has 2 bridgehead atoms. The summed E-state index contributed by atoms with van der Waals surface area (Å²) < 4.78 is 13.5. The van der Waals surface area contributed by atoms with Crippen LogP contribution in [-0.2, 0) is 0 Å². The van der Waals surface area contributed by atoms with Crippen LogP contribution < -0.4 is 5.73 Å². The second-order valence-electron chi connectivity index (χ2n) is 6.92. The van der Waals surface area contributed by atoms with Gasteiger partial charge in [-0.25, -0.2) is 4.39 Å². The van der Waals surface area contributed by atoms with Crippen molar-refractivity contribution in [1.82, 2.24) is 10.2 Å². The van der Waals surface area contributed by atoms with Gasteiger partial charge in [-0.15, -0.1) is 0 Å². The molecular formula is C17H18FN3. The molecule has 0 radical (unpaired) electrons. The number of anilines is 1. The van der Waals surface area contributed by atoms with E-state index in [-0.39, 0.29) is 5.82 Å². The maximum Gasteiger partial charge on any atom is 0.153 e. The average molecular weight is 283 g/mol. The van der Waals surface area contributed by atoms with Crippen molar-refractivity contribution in [2.75, 3.05) is 5.73 Å². The minimum Gasteiger partial charge on any atom is -0.382 e. The lowest BCUT2D eigenvalue weighted by Crippen LogP contribution is -1.99. The maximum atomic E-state index is 13.5. The summed E-state index contributed by atoms with van der Waals surface area (Å²) >= 11 is 0. The highest BCUT2D eigenvalue weighted by Crippen LogP contribution is 2.73. The van der Waals surface area contributed by atoms with E-state index in [9.17, 15) is 4.39 Å². The van der Waals surface area contributed by atoms with Crippen LogP contribution in [0.4, 0.5) is 10.2 Å². The Morgan fingerprint density at radius 2 is 1.95 bits per heavy atom. The molecule has 21 heavy (non-hydrogen) atoms. The van der Waals surface area contributed by atoms with Gasteiger partial charge in [-0.1, -0.05) is 12.1 Å². The predicted octanol–water partition coefficient (Wildman–Crippen LogP) is 3.56. The molecule has 3 N–H and O–H groups in total. The van der Waals surface area contributed by atoms with Crippen LogP contribution in [0.25, 0.3) is 11.1 Å². The Morgan fingerprint density at radius 3 is 2.67 bits per heavy atom. The number of nitrogens with two attached hydrogens (primary N) is 1. The Labute approximate surface area is 122 Å². The molecule has 3 saturated carbocycles. The van der Waals surface area contributed by atoms with E-state index in [0.29, 0.717) is 11.7 Å². The van der Waals surface area contributed by atoms with Gasteiger partial charge in [0.2, 0.25) is 0 Å². The zero-order valence-electron chi connectivity index (χ0n) is 11.7. The van der Waals surface area contributed by atoms with Crippen LogP contribution in [-0.4, -0.2) is 10.2 Å². The first kappa shape index (κ1) is 11.8. The van der Waals surface area contributed by atoms with Crippen molar-refractivity contribution < 1.29 is 4.39 Å². The van der Waals surface area contributed by atoms with E-state index in [1.807, 2.05) is 6.07 Å². The Bertz CT molecular complexity index is 707. The van der Waals surface area contributed by atoms with Gasteiger partial charge in [-0.05, 0) is 60.6 Å². The number of benzene rings is 1. The molecule has 108 valence electrons. The number of nitrogens with one attached hydrogen (secondary N) is 1. The van der Waals surface area contributed by atoms with Crippen LogP contribution >= 0.6 is 0 Å². The van der Waals surface area contributed by atoms with E-state index in [2.05, 4.69) is 10.2 Å². The van der Waals surface area contributed by atoms with Gasteiger partial charge in [0, 0.05) is 17.2 Å². The SMILES string of the molecule is Nc1n[nH]c(C2C3C4CCC(C4)C23)c1-c1cccc(F)c1. The number of rotatable bonds is 2. The number of aromatic nitrogens is 2. The van der Waals surface area contributed by atoms with E-state index in [1.54, 1.807) is 12.1 Å². The van der Waals surface area contributed by atoms with E-state index < -0.39 is 0 Å². The molecule has 3 aliphatic rings. The van der Waals surface area contributed by atoms with E-state index >= 15 is 0 Å². The lowest BCUT2D eigenvalue weighted by Gasteiger charge is -2.09. The molecule has 1 heterocycles. The summed E-state index contributed by atoms with van der Waals surface area (Å²) in [6.07, 6.45) is 4.20. The lowest BCUT2D eigenvalue weighted by atomic mass is 9.96. The molecule has 0 spiro atoms. The highest BCUT2D eigenvalue weighted by molar-refractivity contribution is 5.77. The van der Waals surface area contributed by atoms with Crippen LogP contribution in [0.1, 0.15) is 30.9 Å². The molecule has 4 atom stereocenters. The van der Waals surface area contributed by atoms with E-state index in [1.165, 1.54) is 25.3 Å². The van der Waals surface area contributed by atoms with Gasteiger partial charge in [0.05, 0.1) is 0 Å². The van der Waals surface area contributed by atoms with Crippen LogP contribution in [0.3, 0.4) is 0 Å². The summed E-state index contributed by atoms with van der Waals surface area (Å²) in [5, 5.41) is 7.37. The minimum atomic E-state index is -0.227. The van der Waals surface area contributed by atoms with Gasteiger partial charge in [-0.3, -0.25) is 5.10 Å². The fourth-order valence-electron chi connectivity index (χ4n) is 5.27. The molecular weight excluding hydrogens is 265 g/mol. The fraction of sp³-hybridized carbons (Fsp3) is 0.471. The van der Waals surface area contributed by atoms with Crippen molar-refractivity contribution in [3.63, 3.8) is 0 Å². The van der Waals surface area contributed by atoms with Crippen molar-refractivity contribution in [3.05, 3.63) is 35.8 Å². The zero-order chi connectivity index (χ0) is 14.1. The number of hydrogen-bond donors (Lipinski definition) is 2. The number of aromatic amines is 1. The minimum absolute atomic E-state index is 0.227. The Morgan fingerprint density at radius 1 is 1.19 bits per heavy atom. The predicted molar refractivity (Wildman–Crippen MR) is 78.9 cm³/mol. The molecule has 5 rings (SSSR count). The van der Waals surface area contributed by atoms with Crippen molar-refractivity contribution in [2.45, 2.75) is 25.2 Å². The summed E-state index contributed by atoms with van der Waals surface area (Å²) in [7, 11) is 0. The molecule has 0 amide bonds. The van der Waals surface area contributed by atoms with Crippen LogP contribution in [0.2, 0.25) is 0 Å². The van der Waals surface area contributed by atoms with Gasteiger partial charge in [-0.2, -0.15) is 5.10 Å². The first-order valence-electron chi connectivity index (χ1n) is 7.83. The van der Waals surface area contributed by atoms with Crippen molar-refractivity contribution in [3.8, 4) is 11.1 Å². The maximum absolute atomic E-state index is 13.5. The zero-order valence-corrected chi connectivity index (χ0v) is 11.7. The molecule has 2 aromatic rings. The summed E-state index contributed by atoms with van der Waals surface area (Å²) in [5.41, 5.74) is 8.97. The second kappa shape index (κ2) is 3.87. The smallest absolute Gasteiger partial charge is 0.153 e. The Hall–Kier alpha value is -1.84. The van der Waals surface area contributed by atoms with Crippen molar-refractivity contribution >= 4 is 5.82 Å². The lowest BCUT2D eigenvalue weighted by molar-refractivity contribution is 0.456. The molecule has 1 aromatic heterocycles. The Kier molecular flexibility index (Phi) is 2.17. The molecule has 3 aliphatic carbocycles. The van der Waals surface area contributed by atoms with Gasteiger partial charge in [0.1, 0.15) is 5.82 Å². The third kappa shape index (κ3) is 1.50. The summed E-state index contributed by atoms with van der Waals surface area (Å²) in [6.45, 7) is 0. The van der Waals surface area contributed by atoms with Gasteiger partial charge in [0.25, 0.3) is 0 Å². The topological polar surface area (TPSA) is 54.7 Å². The highest BCUT2D eigenvalue weighted by atomic mass is 19.1. The van der Waals surface area contributed by atoms with E-state index in [4.69, 9.17) is 5.73 Å². The summed E-state index contributed by atoms with van der Waals surface area (Å²) in [4.78, 5) is 0. The largest absolute Gasteiger partial charge is 0.382 e. The molecule has 4 heteroatoms. The van der Waals surface area contributed by atoms with Crippen molar-refractivity contribution in [1.29, 1.82) is 0 Å². The van der Waals surface area contributed by atoms with Gasteiger partial charge < -0.3 is 5.73 Å². The molecule has 0 saturated heterocycles. The number of hydrogen-bond acceptors (Lipinski definition) is 2. The standard InChI is InChI=1S/C17H18FN3/c18-11-3-1-2-8(7-11)14-16(20-21-17(14)19)15-12-9-4-5-10(6-9)13(12)15/h1-3,7,9-10,12-13,15H,4-6H2,(H3,19,20,21). The van der Waals surface area contributed by atoms with Crippen molar-refractivity contribution in [2.24, 2.45) is 23.7 Å². The Balaban J connectivity index is 1.58. The first-order valence-corrected chi connectivity index (χ1v) is 7.83.